The maximum atomic E-state index is 13.6. The quantitative estimate of drug-likeness (QED) is 0.0378. The number of nitrogens with one attached hydrogen (secondary N) is 2. The van der Waals surface area contributed by atoms with E-state index in [-0.39, 0.29) is 0 Å². The molecule has 440 valence electrons. The smallest absolute Gasteiger partial charge is 0.493 e. The Morgan fingerprint density at radius 2 is 0.819 bits per heavy atom. The Morgan fingerprint density at radius 1 is 0.482 bits per heavy atom. The zero-order valence-electron chi connectivity index (χ0n) is 49.5. The summed E-state index contributed by atoms with van der Waals surface area (Å²) in [5.74, 6) is 3.60. The van der Waals surface area contributed by atoms with Gasteiger partial charge in [-0.3, -0.25) is 0 Å². The third kappa shape index (κ3) is 14.2. The van der Waals surface area contributed by atoms with E-state index in [1.165, 1.54) is 24.3 Å². The molecular formula is C65H76BF3N4O9S. The van der Waals surface area contributed by atoms with Crippen molar-refractivity contribution < 1.29 is 54.0 Å². The lowest BCUT2D eigenvalue weighted by Crippen LogP contribution is -2.41. The molecule has 83 heavy (non-hydrogen) atoms. The van der Waals surface area contributed by atoms with Gasteiger partial charge >= 0.3 is 22.7 Å². The van der Waals surface area contributed by atoms with Gasteiger partial charge < -0.3 is 42.4 Å². The summed E-state index contributed by atoms with van der Waals surface area (Å²) >= 11 is 0. The predicted octanol–water partition coefficient (Wildman–Crippen LogP) is 15.9. The zero-order chi connectivity index (χ0) is 59.6. The van der Waals surface area contributed by atoms with Gasteiger partial charge in [0.15, 0.2) is 0 Å². The number of benzene rings is 3. The number of aromatic nitrogens is 4. The molecule has 6 heterocycles. The average Bonchev–Trinajstić information content (AvgIpc) is 2.64. The first-order valence-electron chi connectivity index (χ1n) is 28.7. The molecule has 2 N–H and O–H groups in total. The van der Waals surface area contributed by atoms with Crippen molar-refractivity contribution in [3.8, 4) is 62.1 Å². The molecule has 0 radical (unpaired) electrons. The van der Waals surface area contributed by atoms with Gasteiger partial charge in [0.1, 0.15) is 28.7 Å². The van der Waals surface area contributed by atoms with Gasteiger partial charge in [-0.05, 0) is 179 Å². The summed E-state index contributed by atoms with van der Waals surface area (Å²) in [5.41, 5.74) is 2.40. The lowest BCUT2D eigenvalue weighted by Gasteiger charge is -2.32. The number of alkyl halides is 3. The van der Waals surface area contributed by atoms with Crippen LogP contribution >= 0.6 is 0 Å². The molecule has 0 atom stereocenters. The van der Waals surface area contributed by atoms with E-state index in [1.54, 1.807) is 0 Å². The van der Waals surface area contributed by atoms with Crippen LogP contribution in [0.25, 0.3) is 79.8 Å². The molecule has 3 aromatic heterocycles. The molecule has 6 aromatic rings. The average molecular weight is 1160 g/mol. The molecule has 13 nitrogen and oxygen atoms in total. The Hall–Kier alpha value is -7.02. The lowest BCUT2D eigenvalue weighted by atomic mass is 9.77. The van der Waals surface area contributed by atoms with Crippen molar-refractivity contribution in [1.29, 1.82) is 0 Å². The van der Waals surface area contributed by atoms with E-state index in [2.05, 4.69) is 69.5 Å². The number of ether oxygens (including phenoxy) is 4. The summed E-state index contributed by atoms with van der Waals surface area (Å²) in [5, 5.41) is 0. The van der Waals surface area contributed by atoms with Crippen molar-refractivity contribution in [2.24, 2.45) is 23.7 Å². The summed E-state index contributed by atoms with van der Waals surface area (Å²) in [6.07, 6.45) is 11.1. The molecule has 18 heteroatoms. The molecule has 0 spiro atoms. The fourth-order valence-electron chi connectivity index (χ4n) is 9.61. The van der Waals surface area contributed by atoms with Gasteiger partial charge in [0.25, 0.3) is 0 Å². The number of rotatable bonds is 22. The van der Waals surface area contributed by atoms with Crippen molar-refractivity contribution >= 4 is 69.1 Å². The Labute approximate surface area is 486 Å². The van der Waals surface area contributed by atoms with Crippen LogP contribution in [0.1, 0.15) is 132 Å². The van der Waals surface area contributed by atoms with Gasteiger partial charge in [0.2, 0.25) is 0 Å². The van der Waals surface area contributed by atoms with Crippen LogP contribution in [0.15, 0.2) is 84.9 Å². The van der Waals surface area contributed by atoms with Crippen LogP contribution in [0.2, 0.25) is 0 Å². The fourth-order valence-corrected chi connectivity index (χ4v) is 10.1. The van der Waals surface area contributed by atoms with E-state index in [9.17, 15) is 21.6 Å². The van der Waals surface area contributed by atoms with Crippen molar-refractivity contribution in [1.82, 2.24) is 19.9 Å². The highest BCUT2D eigenvalue weighted by Gasteiger charge is 2.53. The van der Waals surface area contributed by atoms with E-state index in [0.717, 1.165) is 36.8 Å². The first kappa shape index (κ1) is 60.6. The molecule has 0 unspecified atom stereocenters. The Kier molecular flexibility index (Phi) is 18.0. The van der Waals surface area contributed by atoms with Gasteiger partial charge in [0.05, 0.1) is 60.4 Å². The lowest BCUT2D eigenvalue weighted by molar-refractivity contribution is -0.0500. The monoisotopic (exact) mass is 1160 g/mol. The summed E-state index contributed by atoms with van der Waals surface area (Å²) in [6, 6.07) is 25.0. The molecule has 3 aliphatic heterocycles. The second-order valence-corrected chi connectivity index (χ2v) is 25.7. The van der Waals surface area contributed by atoms with Crippen LogP contribution in [-0.4, -0.2) is 78.6 Å². The van der Waals surface area contributed by atoms with Gasteiger partial charge in [-0.1, -0.05) is 67.5 Å². The van der Waals surface area contributed by atoms with E-state index < -0.39 is 39.7 Å². The zero-order valence-corrected chi connectivity index (χ0v) is 50.4. The normalized spacial score (nSPS) is 14.9. The molecular weight excluding hydrogens is 1080 g/mol. The molecule has 8 bridgehead atoms. The van der Waals surface area contributed by atoms with E-state index in [4.69, 9.17) is 38.2 Å². The van der Waals surface area contributed by atoms with Crippen molar-refractivity contribution in [3.05, 3.63) is 108 Å². The topological polar surface area (TPSA) is 156 Å². The van der Waals surface area contributed by atoms with Crippen LogP contribution in [-0.2, 0) is 19.4 Å². The van der Waals surface area contributed by atoms with Gasteiger partial charge in [-0.2, -0.15) is 21.6 Å². The van der Waals surface area contributed by atoms with Crippen LogP contribution < -0.4 is 28.6 Å². The number of hydrogen-bond acceptors (Lipinski definition) is 11. The molecule has 3 aliphatic rings. The second kappa shape index (κ2) is 24.7. The first-order chi connectivity index (χ1) is 39.2. The summed E-state index contributed by atoms with van der Waals surface area (Å²) in [7, 11) is -6.82. The van der Waals surface area contributed by atoms with Crippen LogP contribution in [0.5, 0.6) is 28.7 Å². The van der Waals surface area contributed by atoms with Gasteiger partial charge in [0, 0.05) is 56.4 Å². The molecule has 3 aromatic carbocycles. The minimum absolute atomic E-state index is 0.411. The first-order valence-corrected chi connectivity index (χ1v) is 30.1. The molecule has 1 fully saturated rings. The number of fused-ring (bicyclic) bond motifs is 8. The van der Waals surface area contributed by atoms with Crippen LogP contribution in [0, 0.1) is 23.7 Å². The highest BCUT2D eigenvalue weighted by Crippen LogP contribution is 2.42. The Morgan fingerprint density at radius 3 is 1.19 bits per heavy atom. The van der Waals surface area contributed by atoms with Crippen molar-refractivity contribution in [3.63, 3.8) is 0 Å². The highest BCUT2D eigenvalue weighted by atomic mass is 32.2. The number of halogens is 3. The third-order valence-corrected chi connectivity index (χ3v) is 16.1. The SMILES string of the molecule is CC(C)CCOc1cc(OCCC(C)C)cc(-c2c3nc(c(-c4ccc(OS(=O)(=O)C(F)(F)F)cc4)c4ccc([nH]4)c(-c4cc(OCCC(C)C)cc(OCCC(C)C)c4)c4nc(c(B5OC(C)(C)C(C)(C)O5)c5ccc2[nH]5)C=C4)C=C3)c1. The van der Waals surface area contributed by atoms with Crippen LogP contribution in [0.4, 0.5) is 13.2 Å². The third-order valence-electron chi connectivity index (χ3n) is 15.1. The molecule has 9 rings (SSSR count). The number of H-pyrrole nitrogens is 2. The minimum Gasteiger partial charge on any atom is -0.493 e. The number of aromatic amines is 2. The molecule has 0 aliphatic carbocycles. The number of hydrogen-bond donors (Lipinski definition) is 2. The fraction of sp³-hybridized carbons (Fsp3) is 0.415. The molecule has 1 saturated heterocycles. The molecule has 0 saturated carbocycles. The Balaban J connectivity index is 1.38. The maximum Gasteiger partial charge on any atom is 0.534 e. The Bertz CT molecular complexity index is 3520. The number of nitrogens with zero attached hydrogens (tertiary/aromatic N) is 2. The second-order valence-electron chi connectivity index (χ2n) is 24.1. The van der Waals surface area contributed by atoms with Crippen molar-refractivity contribution in [2.45, 2.75) is 125 Å². The standard InChI is InChI=1S/C65H76BF3N4O9S/c1-39(2)25-29-76-47-33-44(34-48(37-47)77-30-26-40(3)4)60-53-19-17-51(70-53)59(43-13-15-46(16-14-43)80-83(74,75)65(67,68)69)52-18-20-54(71-52)61(45-35-49(78-31-27-41(5)6)38-50(36-45)79-32-28-42(7)8)56-22-24-58(73-56)62(57-23-21-55(60)72-57)66-81-63(9,10)64(11,12)82-66/h13-24,33-42,70,73H,25-32H2,1-12H3. The largest absolute Gasteiger partial charge is 0.534 e. The van der Waals surface area contributed by atoms with E-state index in [1.807, 2.05) is 113 Å². The van der Waals surface area contributed by atoms with Gasteiger partial charge in [-0.15, -0.1) is 0 Å². The molecule has 0 amide bonds. The van der Waals surface area contributed by atoms with E-state index >= 15 is 0 Å². The predicted molar refractivity (Wildman–Crippen MR) is 326 cm³/mol. The summed E-state index contributed by atoms with van der Waals surface area (Å²) < 4.78 is 109. The highest BCUT2D eigenvalue weighted by molar-refractivity contribution is 7.88. The van der Waals surface area contributed by atoms with E-state index in [0.29, 0.717) is 146 Å². The van der Waals surface area contributed by atoms with Gasteiger partial charge in [-0.25, -0.2) is 9.97 Å². The summed E-state index contributed by atoms with van der Waals surface area (Å²) in [6.45, 7) is 27.2. The minimum atomic E-state index is -5.96. The summed E-state index contributed by atoms with van der Waals surface area (Å²) in [4.78, 5) is 18.4. The van der Waals surface area contributed by atoms with Crippen LogP contribution in [0.3, 0.4) is 0 Å². The maximum absolute atomic E-state index is 13.6. The van der Waals surface area contributed by atoms with Crippen molar-refractivity contribution in [2.75, 3.05) is 26.4 Å².